The first kappa shape index (κ1) is 12.8. The Balaban J connectivity index is 1.83. The van der Waals surface area contributed by atoms with E-state index in [9.17, 15) is 4.79 Å². The lowest BCUT2D eigenvalue weighted by Crippen LogP contribution is -2.49. The summed E-state index contributed by atoms with van der Waals surface area (Å²) in [4.78, 5) is 22.1. The second-order valence-electron chi connectivity index (χ2n) is 4.74. The minimum atomic E-state index is 0.168. The molecule has 98 valence electrons. The third-order valence-corrected chi connectivity index (χ3v) is 3.20. The molecule has 0 radical (unpaired) electrons. The van der Waals surface area contributed by atoms with Crippen molar-refractivity contribution in [3.63, 3.8) is 0 Å². The standard InChI is InChI=1S/C13H20N4O/c1-15(2)13(18)11-16-7-9-17(10-8-16)12-5-3-4-6-14-12/h3-6H,7-11H2,1-2H3. The monoisotopic (exact) mass is 248 g/mol. The molecule has 0 N–H and O–H groups in total. The van der Waals surface area contributed by atoms with Gasteiger partial charge in [-0.15, -0.1) is 0 Å². The molecule has 1 amide bonds. The molecule has 1 aliphatic heterocycles. The van der Waals surface area contributed by atoms with Crippen molar-refractivity contribution in [1.82, 2.24) is 14.8 Å². The maximum atomic E-state index is 11.6. The molecule has 0 spiro atoms. The van der Waals surface area contributed by atoms with Crippen molar-refractivity contribution >= 4 is 11.7 Å². The quantitative estimate of drug-likeness (QED) is 0.771. The van der Waals surface area contributed by atoms with Crippen molar-refractivity contribution in [1.29, 1.82) is 0 Å². The number of rotatable bonds is 3. The van der Waals surface area contributed by atoms with Gasteiger partial charge in [0.1, 0.15) is 5.82 Å². The molecule has 5 nitrogen and oxygen atoms in total. The number of hydrogen-bond acceptors (Lipinski definition) is 4. The van der Waals surface area contributed by atoms with Crippen LogP contribution in [-0.4, -0.2) is 67.5 Å². The molecule has 1 aromatic rings. The normalized spacial score (nSPS) is 16.7. The molecule has 18 heavy (non-hydrogen) atoms. The number of carbonyl (C=O) groups is 1. The van der Waals surface area contributed by atoms with E-state index in [1.165, 1.54) is 0 Å². The Kier molecular flexibility index (Phi) is 4.15. The molecule has 0 saturated carbocycles. The highest BCUT2D eigenvalue weighted by Crippen LogP contribution is 2.12. The number of anilines is 1. The summed E-state index contributed by atoms with van der Waals surface area (Å²) in [5.41, 5.74) is 0. The van der Waals surface area contributed by atoms with E-state index in [-0.39, 0.29) is 5.91 Å². The summed E-state index contributed by atoms with van der Waals surface area (Å²) in [5, 5.41) is 0. The number of likely N-dealkylation sites (N-methyl/N-ethyl adjacent to an activating group) is 1. The van der Waals surface area contributed by atoms with Crippen LogP contribution in [0.4, 0.5) is 5.82 Å². The van der Waals surface area contributed by atoms with Crippen LogP contribution in [0.1, 0.15) is 0 Å². The number of nitrogens with zero attached hydrogens (tertiary/aromatic N) is 4. The summed E-state index contributed by atoms with van der Waals surface area (Å²) < 4.78 is 0. The molecule has 2 rings (SSSR count). The Morgan fingerprint density at radius 3 is 2.56 bits per heavy atom. The second kappa shape index (κ2) is 5.82. The molecule has 1 aliphatic rings. The van der Waals surface area contributed by atoms with E-state index in [2.05, 4.69) is 14.8 Å². The zero-order chi connectivity index (χ0) is 13.0. The Morgan fingerprint density at radius 1 is 1.28 bits per heavy atom. The summed E-state index contributed by atoms with van der Waals surface area (Å²) in [6, 6.07) is 5.96. The molecule has 0 unspecified atom stereocenters. The van der Waals surface area contributed by atoms with Gasteiger partial charge in [-0.1, -0.05) is 6.07 Å². The maximum Gasteiger partial charge on any atom is 0.236 e. The zero-order valence-corrected chi connectivity index (χ0v) is 11.0. The zero-order valence-electron chi connectivity index (χ0n) is 11.0. The summed E-state index contributed by atoms with van der Waals surface area (Å²) in [5.74, 6) is 1.19. The van der Waals surface area contributed by atoms with E-state index < -0.39 is 0 Å². The SMILES string of the molecule is CN(C)C(=O)CN1CCN(c2ccccn2)CC1. The van der Waals surface area contributed by atoms with E-state index in [0.717, 1.165) is 32.0 Å². The minimum absolute atomic E-state index is 0.168. The average Bonchev–Trinajstić information content (AvgIpc) is 2.40. The lowest BCUT2D eigenvalue weighted by atomic mass is 10.3. The van der Waals surface area contributed by atoms with Crippen LogP contribution < -0.4 is 4.90 Å². The maximum absolute atomic E-state index is 11.6. The van der Waals surface area contributed by atoms with Crippen molar-refractivity contribution in [3.05, 3.63) is 24.4 Å². The van der Waals surface area contributed by atoms with Gasteiger partial charge in [-0.3, -0.25) is 9.69 Å². The van der Waals surface area contributed by atoms with Crippen molar-refractivity contribution in [2.45, 2.75) is 0 Å². The first-order valence-electron chi connectivity index (χ1n) is 6.25. The van der Waals surface area contributed by atoms with Gasteiger partial charge in [-0.25, -0.2) is 4.98 Å². The van der Waals surface area contributed by atoms with Crippen molar-refractivity contribution < 1.29 is 4.79 Å². The van der Waals surface area contributed by atoms with Gasteiger partial charge >= 0.3 is 0 Å². The highest BCUT2D eigenvalue weighted by molar-refractivity contribution is 5.77. The Hall–Kier alpha value is -1.62. The number of pyridine rings is 1. The highest BCUT2D eigenvalue weighted by Gasteiger charge is 2.19. The van der Waals surface area contributed by atoms with Crippen molar-refractivity contribution in [2.24, 2.45) is 0 Å². The molecule has 2 heterocycles. The molecule has 1 fully saturated rings. The van der Waals surface area contributed by atoms with Gasteiger partial charge in [0.2, 0.25) is 5.91 Å². The number of hydrogen-bond donors (Lipinski definition) is 0. The third kappa shape index (κ3) is 3.20. The first-order valence-corrected chi connectivity index (χ1v) is 6.25. The van der Waals surface area contributed by atoms with Crippen LogP contribution in [-0.2, 0) is 4.79 Å². The predicted molar refractivity (Wildman–Crippen MR) is 71.6 cm³/mol. The van der Waals surface area contributed by atoms with E-state index in [1.807, 2.05) is 24.4 Å². The van der Waals surface area contributed by atoms with Gasteiger partial charge in [0.25, 0.3) is 0 Å². The lowest BCUT2D eigenvalue weighted by Gasteiger charge is -2.35. The Bertz CT molecular complexity index is 385. The molecule has 0 bridgehead atoms. The molecular weight excluding hydrogens is 228 g/mol. The predicted octanol–water partition coefficient (Wildman–Crippen LogP) is 0.292. The lowest BCUT2D eigenvalue weighted by molar-refractivity contribution is -0.129. The Labute approximate surface area is 108 Å². The van der Waals surface area contributed by atoms with Gasteiger partial charge in [0, 0.05) is 46.5 Å². The van der Waals surface area contributed by atoms with Crippen LogP contribution in [0.15, 0.2) is 24.4 Å². The molecule has 0 atom stereocenters. The molecule has 5 heteroatoms. The number of carbonyl (C=O) groups excluding carboxylic acids is 1. The molecule has 1 aromatic heterocycles. The third-order valence-electron chi connectivity index (χ3n) is 3.20. The van der Waals surface area contributed by atoms with Crippen LogP contribution in [0.5, 0.6) is 0 Å². The fourth-order valence-corrected chi connectivity index (χ4v) is 2.01. The first-order chi connectivity index (χ1) is 8.66. The molecule has 1 saturated heterocycles. The topological polar surface area (TPSA) is 39.7 Å². The van der Waals surface area contributed by atoms with Crippen LogP contribution in [0.25, 0.3) is 0 Å². The van der Waals surface area contributed by atoms with Crippen LogP contribution in [0, 0.1) is 0 Å². The van der Waals surface area contributed by atoms with Gasteiger partial charge in [-0.05, 0) is 12.1 Å². The van der Waals surface area contributed by atoms with Gasteiger partial charge in [-0.2, -0.15) is 0 Å². The highest BCUT2D eigenvalue weighted by atomic mass is 16.2. The van der Waals surface area contributed by atoms with Crippen molar-refractivity contribution in [2.75, 3.05) is 51.7 Å². The number of piperazine rings is 1. The van der Waals surface area contributed by atoms with Gasteiger partial charge < -0.3 is 9.80 Å². The summed E-state index contributed by atoms with van der Waals surface area (Å²) >= 11 is 0. The summed E-state index contributed by atoms with van der Waals surface area (Å²) in [6.07, 6.45) is 1.82. The number of aromatic nitrogens is 1. The van der Waals surface area contributed by atoms with Crippen molar-refractivity contribution in [3.8, 4) is 0 Å². The molecule has 0 aliphatic carbocycles. The molecular formula is C13H20N4O. The average molecular weight is 248 g/mol. The number of amides is 1. The van der Waals surface area contributed by atoms with Crippen LogP contribution in [0.3, 0.4) is 0 Å². The smallest absolute Gasteiger partial charge is 0.236 e. The summed E-state index contributed by atoms with van der Waals surface area (Å²) in [6.45, 7) is 4.20. The largest absolute Gasteiger partial charge is 0.354 e. The van der Waals surface area contributed by atoms with E-state index in [1.54, 1.807) is 19.0 Å². The van der Waals surface area contributed by atoms with E-state index in [0.29, 0.717) is 6.54 Å². The molecule has 0 aromatic carbocycles. The van der Waals surface area contributed by atoms with Gasteiger partial charge in [0.05, 0.1) is 6.54 Å². The van der Waals surface area contributed by atoms with E-state index >= 15 is 0 Å². The van der Waals surface area contributed by atoms with Crippen LogP contribution in [0.2, 0.25) is 0 Å². The van der Waals surface area contributed by atoms with Crippen LogP contribution >= 0.6 is 0 Å². The minimum Gasteiger partial charge on any atom is -0.354 e. The van der Waals surface area contributed by atoms with E-state index in [4.69, 9.17) is 0 Å². The van der Waals surface area contributed by atoms with Gasteiger partial charge in [0.15, 0.2) is 0 Å². The fraction of sp³-hybridized carbons (Fsp3) is 0.538. The summed E-state index contributed by atoms with van der Waals surface area (Å²) in [7, 11) is 3.60. The Morgan fingerprint density at radius 2 is 2.00 bits per heavy atom. The fourth-order valence-electron chi connectivity index (χ4n) is 2.01. The second-order valence-corrected chi connectivity index (χ2v) is 4.74.